The average molecular weight is 450 g/mol. The lowest BCUT2D eigenvalue weighted by molar-refractivity contribution is -0.118. The summed E-state index contributed by atoms with van der Waals surface area (Å²) in [7, 11) is 0. The van der Waals surface area contributed by atoms with Crippen molar-refractivity contribution in [3.8, 4) is 0 Å². The maximum atomic E-state index is 12.7. The summed E-state index contributed by atoms with van der Waals surface area (Å²) in [6.45, 7) is 8.52. The second kappa shape index (κ2) is 11.3. The summed E-state index contributed by atoms with van der Waals surface area (Å²) in [6.07, 6.45) is 1.74. The number of nitrogens with zero attached hydrogens (tertiary/aromatic N) is 3. The van der Waals surface area contributed by atoms with Gasteiger partial charge in [0.15, 0.2) is 11.0 Å². The third kappa shape index (κ3) is 6.07. The summed E-state index contributed by atoms with van der Waals surface area (Å²) in [5.41, 5.74) is 2.57. The number of carbonyl (C=O) groups excluding carboxylic acids is 2. The number of rotatable bonds is 10. The van der Waals surface area contributed by atoms with Gasteiger partial charge in [0.25, 0.3) is 5.91 Å². The molecular formula is C24H27N5O2S. The van der Waals surface area contributed by atoms with Crippen molar-refractivity contribution in [2.75, 3.05) is 5.75 Å². The molecule has 1 aromatic heterocycles. The number of hydrogen-bond donors (Lipinski definition) is 2. The predicted molar refractivity (Wildman–Crippen MR) is 126 cm³/mol. The van der Waals surface area contributed by atoms with Crippen LogP contribution in [0.4, 0.5) is 0 Å². The first kappa shape index (κ1) is 23.3. The summed E-state index contributed by atoms with van der Waals surface area (Å²) in [4.78, 5) is 24.9. The van der Waals surface area contributed by atoms with Crippen molar-refractivity contribution in [1.29, 1.82) is 0 Å². The predicted octanol–water partition coefficient (Wildman–Crippen LogP) is 3.67. The van der Waals surface area contributed by atoms with Crippen LogP contribution >= 0.6 is 11.8 Å². The Morgan fingerprint density at radius 2 is 1.84 bits per heavy atom. The Hall–Kier alpha value is -3.39. The minimum absolute atomic E-state index is 0.0885. The van der Waals surface area contributed by atoms with Crippen LogP contribution in [0.5, 0.6) is 0 Å². The van der Waals surface area contributed by atoms with Crippen molar-refractivity contribution < 1.29 is 9.59 Å². The number of thioether (sulfide) groups is 1. The molecule has 2 N–H and O–H groups in total. The van der Waals surface area contributed by atoms with Crippen molar-refractivity contribution in [3.63, 3.8) is 0 Å². The number of aryl methyl sites for hydroxylation is 1. The van der Waals surface area contributed by atoms with Gasteiger partial charge in [-0.1, -0.05) is 66.4 Å². The first-order chi connectivity index (χ1) is 15.5. The van der Waals surface area contributed by atoms with Gasteiger partial charge in [0.05, 0.1) is 11.8 Å². The molecule has 8 heteroatoms. The van der Waals surface area contributed by atoms with Crippen LogP contribution in [0.25, 0.3) is 0 Å². The highest BCUT2D eigenvalue weighted by atomic mass is 32.2. The monoisotopic (exact) mass is 449 g/mol. The zero-order chi connectivity index (χ0) is 22.9. The van der Waals surface area contributed by atoms with Gasteiger partial charge in [0.2, 0.25) is 5.91 Å². The molecule has 1 heterocycles. The van der Waals surface area contributed by atoms with Gasteiger partial charge in [-0.15, -0.1) is 16.8 Å². The van der Waals surface area contributed by atoms with E-state index in [9.17, 15) is 9.59 Å². The van der Waals surface area contributed by atoms with E-state index in [0.717, 1.165) is 11.1 Å². The number of allylic oxidation sites excluding steroid dienone is 1. The Morgan fingerprint density at radius 3 is 2.56 bits per heavy atom. The molecule has 0 saturated carbocycles. The molecule has 1 atom stereocenters. The molecule has 3 rings (SSSR count). The third-order valence-electron chi connectivity index (χ3n) is 4.85. The average Bonchev–Trinajstić information content (AvgIpc) is 3.20. The SMILES string of the molecule is C=CCn1c(SCC(=O)NCc2ccccc2)nnc1C(C)NC(=O)c1ccccc1C. The molecule has 1 unspecified atom stereocenters. The fourth-order valence-electron chi connectivity index (χ4n) is 3.17. The number of carbonyl (C=O) groups is 2. The topological polar surface area (TPSA) is 88.9 Å². The van der Waals surface area contributed by atoms with Gasteiger partial charge in [-0.3, -0.25) is 9.59 Å². The molecule has 0 saturated heterocycles. The molecule has 32 heavy (non-hydrogen) atoms. The standard InChI is InChI=1S/C24H27N5O2S/c1-4-14-29-22(18(3)26-23(31)20-13-9-8-10-17(20)2)27-28-24(29)32-16-21(30)25-15-19-11-6-5-7-12-19/h4-13,18H,1,14-16H2,2-3H3,(H,25,30)(H,26,31). The molecule has 3 aromatic rings. The Balaban J connectivity index is 1.62. The Morgan fingerprint density at radius 1 is 1.12 bits per heavy atom. The number of benzene rings is 2. The van der Waals surface area contributed by atoms with Crippen LogP contribution in [0.1, 0.15) is 40.3 Å². The van der Waals surface area contributed by atoms with E-state index in [1.54, 1.807) is 12.1 Å². The lowest BCUT2D eigenvalue weighted by atomic mass is 10.1. The van der Waals surface area contributed by atoms with Crippen molar-refractivity contribution in [2.45, 2.75) is 38.1 Å². The Kier molecular flexibility index (Phi) is 8.21. The molecule has 0 aliphatic carbocycles. The Labute approximate surface area is 192 Å². The smallest absolute Gasteiger partial charge is 0.252 e. The summed E-state index contributed by atoms with van der Waals surface area (Å²) >= 11 is 1.30. The fraction of sp³-hybridized carbons (Fsp3) is 0.250. The molecule has 7 nitrogen and oxygen atoms in total. The molecule has 0 radical (unpaired) electrons. The fourth-order valence-corrected chi connectivity index (χ4v) is 3.96. The third-order valence-corrected chi connectivity index (χ3v) is 5.81. The molecular weight excluding hydrogens is 422 g/mol. The van der Waals surface area contributed by atoms with E-state index < -0.39 is 0 Å². The molecule has 0 bridgehead atoms. The maximum absolute atomic E-state index is 12.7. The molecule has 0 spiro atoms. The minimum Gasteiger partial charge on any atom is -0.351 e. The van der Waals surface area contributed by atoms with Gasteiger partial charge in [0, 0.05) is 18.7 Å². The first-order valence-electron chi connectivity index (χ1n) is 10.3. The lowest BCUT2D eigenvalue weighted by Gasteiger charge is -2.16. The molecule has 0 aliphatic heterocycles. The van der Waals surface area contributed by atoms with E-state index >= 15 is 0 Å². The normalized spacial score (nSPS) is 11.6. The highest BCUT2D eigenvalue weighted by Gasteiger charge is 2.21. The number of aromatic nitrogens is 3. The minimum atomic E-state index is -0.365. The van der Waals surface area contributed by atoms with E-state index in [1.807, 2.05) is 66.9 Å². The zero-order valence-electron chi connectivity index (χ0n) is 18.2. The van der Waals surface area contributed by atoms with E-state index in [0.29, 0.717) is 29.6 Å². The van der Waals surface area contributed by atoms with Gasteiger partial charge >= 0.3 is 0 Å². The lowest BCUT2D eigenvalue weighted by Crippen LogP contribution is -2.29. The quantitative estimate of drug-likeness (QED) is 0.364. The van der Waals surface area contributed by atoms with Gasteiger partial charge in [0.1, 0.15) is 0 Å². The van der Waals surface area contributed by atoms with Gasteiger partial charge in [-0.25, -0.2) is 0 Å². The van der Waals surface area contributed by atoms with Crippen LogP contribution < -0.4 is 10.6 Å². The second-order valence-corrected chi connectivity index (χ2v) is 8.24. The number of hydrogen-bond acceptors (Lipinski definition) is 5. The van der Waals surface area contributed by atoms with Crippen molar-refractivity contribution in [2.24, 2.45) is 0 Å². The van der Waals surface area contributed by atoms with Crippen molar-refractivity contribution in [3.05, 3.63) is 89.8 Å². The molecule has 0 aliphatic rings. The Bertz CT molecular complexity index is 1080. The maximum Gasteiger partial charge on any atom is 0.252 e. The summed E-state index contributed by atoms with van der Waals surface area (Å²) in [5.74, 6) is 0.568. The van der Waals surface area contributed by atoms with Crippen LogP contribution in [0.2, 0.25) is 0 Å². The largest absolute Gasteiger partial charge is 0.351 e. The molecule has 2 aromatic carbocycles. The van der Waals surface area contributed by atoms with Crippen LogP contribution in [-0.2, 0) is 17.9 Å². The summed E-state index contributed by atoms with van der Waals surface area (Å²) in [5, 5.41) is 15.0. The van der Waals surface area contributed by atoms with Crippen molar-refractivity contribution in [1.82, 2.24) is 25.4 Å². The van der Waals surface area contributed by atoms with Gasteiger partial charge in [-0.2, -0.15) is 0 Å². The van der Waals surface area contributed by atoms with E-state index in [2.05, 4.69) is 27.4 Å². The molecule has 0 fully saturated rings. The van der Waals surface area contributed by atoms with Crippen molar-refractivity contribution >= 4 is 23.6 Å². The van der Waals surface area contributed by atoms with Crippen LogP contribution in [0.15, 0.2) is 72.4 Å². The highest BCUT2D eigenvalue weighted by molar-refractivity contribution is 7.99. The first-order valence-corrected chi connectivity index (χ1v) is 11.3. The molecule has 2 amide bonds. The van der Waals surface area contributed by atoms with Crippen LogP contribution in [-0.4, -0.2) is 32.3 Å². The number of nitrogens with one attached hydrogen (secondary N) is 2. The second-order valence-electron chi connectivity index (χ2n) is 7.30. The molecule has 166 valence electrons. The highest BCUT2D eigenvalue weighted by Crippen LogP contribution is 2.21. The number of amides is 2. The van der Waals surface area contributed by atoms with Crippen LogP contribution in [0.3, 0.4) is 0 Å². The van der Waals surface area contributed by atoms with Gasteiger partial charge in [-0.05, 0) is 31.0 Å². The van der Waals surface area contributed by atoms with E-state index in [4.69, 9.17) is 0 Å². The summed E-state index contributed by atoms with van der Waals surface area (Å²) in [6, 6.07) is 16.8. The van der Waals surface area contributed by atoms with Crippen LogP contribution in [0, 0.1) is 6.92 Å². The summed E-state index contributed by atoms with van der Waals surface area (Å²) < 4.78 is 1.87. The van der Waals surface area contributed by atoms with Gasteiger partial charge < -0.3 is 15.2 Å². The van der Waals surface area contributed by atoms with E-state index in [-0.39, 0.29) is 23.6 Å². The van der Waals surface area contributed by atoms with E-state index in [1.165, 1.54) is 11.8 Å². The zero-order valence-corrected chi connectivity index (χ0v) is 19.1.